The van der Waals surface area contributed by atoms with Crippen molar-refractivity contribution in [1.29, 1.82) is 0 Å². The normalized spacial score (nSPS) is 13.0. The lowest BCUT2D eigenvalue weighted by atomic mass is 10.3. The number of nitrogens with zero attached hydrogens (tertiary/aromatic N) is 1. The maximum Gasteiger partial charge on any atom is 0.243 e. The minimum atomic E-state index is -1.76. The van der Waals surface area contributed by atoms with Gasteiger partial charge in [-0.1, -0.05) is 51.2 Å². The Bertz CT molecular complexity index is 434. The summed E-state index contributed by atoms with van der Waals surface area (Å²) in [5.41, 5.74) is 0.836. The highest BCUT2D eigenvalue weighted by Crippen LogP contribution is 2.21. The van der Waals surface area contributed by atoms with Crippen LogP contribution in [0, 0.1) is 0 Å². The Kier molecular flexibility index (Phi) is 7.42. The number of carbonyl (C=O) groups excluding carboxylic acids is 1. The van der Waals surface area contributed by atoms with Crippen LogP contribution in [0.1, 0.15) is 19.8 Å². The first-order valence-corrected chi connectivity index (χ1v) is 11.5. The van der Waals surface area contributed by atoms with E-state index in [1.807, 2.05) is 30.3 Å². The van der Waals surface area contributed by atoms with E-state index in [1.165, 1.54) is 0 Å². The van der Waals surface area contributed by atoms with E-state index < -0.39 is 13.1 Å². The fourth-order valence-electron chi connectivity index (χ4n) is 1.78. The smallest absolute Gasteiger partial charge is 0.243 e. The third-order valence-corrected chi connectivity index (χ3v) is 7.09. The second-order valence-corrected chi connectivity index (χ2v) is 12.3. The fraction of sp³-hybridized carbons (Fsp3) is 0.562. The lowest BCUT2D eigenvalue weighted by Crippen LogP contribution is -2.49. The van der Waals surface area contributed by atoms with Crippen LogP contribution in [0.2, 0.25) is 19.6 Å². The van der Waals surface area contributed by atoms with Gasteiger partial charge in [0.05, 0.1) is 8.07 Å². The summed E-state index contributed by atoms with van der Waals surface area (Å²) in [5, 5.41) is -0.451. The van der Waals surface area contributed by atoms with Crippen molar-refractivity contribution in [3.63, 3.8) is 0 Å². The molecule has 0 aliphatic heterocycles. The average Bonchev–Trinajstić information content (AvgIpc) is 2.46. The number of carbonyl (C=O) groups is 1. The molecule has 1 amide bonds. The number of ether oxygens (including phenoxy) is 1. The Morgan fingerprint density at radius 2 is 1.90 bits per heavy atom. The molecule has 1 rings (SSSR count). The van der Waals surface area contributed by atoms with Crippen LogP contribution in [-0.4, -0.2) is 32.3 Å². The monoisotopic (exact) mass is 327 g/mol. The van der Waals surface area contributed by atoms with Crippen molar-refractivity contribution < 1.29 is 9.53 Å². The van der Waals surface area contributed by atoms with Crippen LogP contribution in [0.5, 0.6) is 0 Å². The van der Waals surface area contributed by atoms with Crippen molar-refractivity contribution >= 4 is 31.3 Å². The van der Waals surface area contributed by atoms with Crippen molar-refractivity contribution in [2.45, 2.75) is 44.4 Å². The standard InChI is InChI=1S/C16H26ClNO2Si/c1-5-6-12-20-13-18(14-10-8-7-9-11-14)16(19)15(17)21(2,3)4/h7-11,15H,5-6,12-13H2,1-4H3. The number of unbranched alkanes of at least 4 members (excludes halogenated alkanes) is 1. The lowest BCUT2D eigenvalue weighted by Gasteiger charge is -2.29. The summed E-state index contributed by atoms with van der Waals surface area (Å²) in [6, 6.07) is 9.59. The molecule has 0 saturated carbocycles. The summed E-state index contributed by atoms with van der Waals surface area (Å²) in [6.07, 6.45) is 2.07. The molecule has 0 aromatic heterocycles. The van der Waals surface area contributed by atoms with Crippen LogP contribution in [0.4, 0.5) is 5.69 Å². The largest absolute Gasteiger partial charge is 0.361 e. The first kappa shape index (κ1) is 18.2. The number of benzene rings is 1. The third-order valence-electron chi connectivity index (χ3n) is 3.17. The van der Waals surface area contributed by atoms with Gasteiger partial charge in [-0.15, -0.1) is 11.6 Å². The highest BCUT2D eigenvalue weighted by Gasteiger charge is 2.34. The summed E-state index contributed by atoms with van der Waals surface area (Å²) in [6.45, 7) is 9.34. The number of amides is 1. The molecule has 0 spiro atoms. The number of anilines is 1. The van der Waals surface area contributed by atoms with E-state index in [-0.39, 0.29) is 12.6 Å². The van der Waals surface area contributed by atoms with E-state index in [1.54, 1.807) is 4.90 Å². The Labute approximate surface area is 134 Å². The van der Waals surface area contributed by atoms with Crippen LogP contribution < -0.4 is 4.90 Å². The van der Waals surface area contributed by atoms with Gasteiger partial charge in [0, 0.05) is 12.3 Å². The van der Waals surface area contributed by atoms with Crippen molar-refractivity contribution in [2.75, 3.05) is 18.2 Å². The van der Waals surface area contributed by atoms with Crippen molar-refractivity contribution in [2.24, 2.45) is 0 Å². The van der Waals surface area contributed by atoms with Crippen LogP contribution in [-0.2, 0) is 9.53 Å². The Morgan fingerprint density at radius 1 is 1.29 bits per heavy atom. The Morgan fingerprint density at radius 3 is 2.43 bits per heavy atom. The summed E-state index contributed by atoms with van der Waals surface area (Å²) >= 11 is 6.41. The molecule has 0 N–H and O–H groups in total. The molecule has 1 unspecified atom stereocenters. The Hall–Kier alpha value is -0.843. The SMILES string of the molecule is CCCCOCN(C(=O)C(Cl)[Si](C)(C)C)c1ccccc1. The molecule has 3 nitrogen and oxygen atoms in total. The van der Waals surface area contributed by atoms with Gasteiger partial charge in [0.25, 0.3) is 0 Å². The topological polar surface area (TPSA) is 29.5 Å². The maximum absolute atomic E-state index is 12.7. The van der Waals surface area contributed by atoms with Gasteiger partial charge in [0.1, 0.15) is 11.7 Å². The minimum absolute atomic E-state index is 0.0569. The molecular weight excluding hydrogens is 302 g/mol. The molecule has 0 heterocycles. The van der Waals surface area contributed by atoms with Gasteiger partial charge in [0.2, 0.25) is 5.91 Å². The van der Waals surface area contributed by atoms with Crippen LogP contribution in [0.15, 0.2) is 30.3 Å². The molecule has 0 radical (unpaired) electrons. The molecule has 1 atom stereocenters. The quantitative estimate of drug-likeness (QED) is 0.309. The maximum atomic E-state index is 12.7. The predicted octanol–water partition coefficient (Wildman–Crippen LogP) is 4.28. The second kappa shape index (κ2) is 8.56. The van der Waals surface area contributed by atoms with E-state index >= 15 is 0 Å². The highest BCUT2D eigenvalue weighted by atomic mass is 35.5. The third kappa shape index (κ3) is 5.81. The first-order chi connectivity index (χ1) is 9.88. The van der Waals surface area contributed by atoms with Gasteiger partial charge in [-0.3, -0.25) is 9.69 Å². The Balaban J connectivity index is 2.84. The molecule has 1 aromatic rings. The molecule has 118 valence electrons. The number of alkyl halides is 1. The molecule has 21 heavy (non-hydrogen) atoms. The van der Waals surface area contributed by atoms with Gasteiger partial charge < -0.3 is 4.74 Å². The predicted molar refractivity (Wildman–Crippen MR) is 92.6 cm³/mol. The minimum Gasteiger partial charge on any atom is -0.361 e. The summed E-state index contributed by atoms with van der Waals surface area (Å²) < 4.78 is 5.64. The zero-order valence-corrected chi connectivity index (χ0v) is 15.2. The van der Waals surface area contributed by atoms with Gasteiger partial charge in [-0.2, -0.15) is 0 Å². The molecule has 0 aliphatic rings. The van der Waals surface area contributed by atoms with E-state index in [0.29, 0.717) is 6.61 Å². The molecule has 0 bridgehead atoms. The zero-order chi connectivity index (χ0) is 15.9. The zero-order valence-electron chi connectivity index (χ0n) is 13.4. The first-order valence-electron chi connectivity index (χ1n) is 7.46. The van der Waals surface area contributed by atoms with Crippen molar-refractivity contribution in [1.82, 2.24) is 0 Å². The number of hydrogen-bond acceptors (Lipinski definition) is 2. The number of halogens is 1. The van der Waals surface area contributed by atoms with Gasteiger partial charge in [-0.05, 0) is 18.6 Å². The fourth-order valence-corrected chi connectivity index (χ4v) is 2.80. The van der Waals surface area contributed by atoms with Crippen molar-refractivity contribution in [3.8, 4) is 0 Å². The molecule has 0 aliphatic carbocycles. The van der Waals surface area contributed by atoms with Crippen molar-refractivity contribution in [3.05, 3.63) is 30.3 Å². The summed E-state index contributed by atoms with van der Waals surface area (Å²) in [5.74, 6) is -0.0569. The highest BCUT2D eigenvalue weighted by molar-refractivity contribution is 6.88. The molecule has 0 fully saturated rings. The molecule has 1 aromatic carbocycles. The van der Waals surface area contributed by atoms with E-state index in [2.05, 4.69) is 26.6 Å². The summed E-state index contributed by atoms with van der Waals surface area (Å²) in [4.78, 5) is 14.4. The average molecular weight is 328 g/mol. The number of hydrogen-bond donors (Lipinski definition) is 0. The lowest BCUT2D eigenvalue weighted by molar-refractivity contribution is -0.118. The van der Waals surface area contributed by atoms with Gasteiger partial charge in [-0.25, -0.2) is 0 Å². The van der Waals surface area contributed by atoms with Crippen LogP contribution in [0.3, 0.4) is 0 Å². The van der Waals surface area contributed by atoms with Gasteiger partial charge in [0.15, 0.2) is 0 Å². The van der Waals surface area contributed by atoms with E-state index in [0.717, 1.165) is 18.5 Å². The second-order valence-electron chi connectivity index (χ2n) is 6.22. The number of rotatable bonds is 8. The van der Waals surface area contributed by atoms with E-state index in [4.69, 9.17) is 16.3 Å². The molecule has 0 saturated heterocycles. The van der Waals surface area contributed by atoms with Crippen LogP contribution >= 0.6 is 11.6 Å². The summed E-state index contributed by atoms with van der Waals surface area (Å²) in [7, 11) is -1.76. The molecule has 5 heteroatoms. The molecular formula is C16H26ClNO2Si. The van der Waals surface area contributed by atoms with Crippen LogP contribution in [0.25, 0.3) is 0 Å². The van der Waals surface area contributed by atoms with E-state index in [9.17, 15) is 4.79 Å². The van der Waals surface area contributed by atoms with Gasteiger partial charge >= 0.3 is 0 Å². The number of para-hydroxylation sites is 1.